The summed E-state index contributed by atoms with van der Waals surface area (Å²) in [6, 6.07) is 8.97. The number of hydrogen-bond donors (Lipinski definition) is 1. The van der Waals surface area contributed by atoms with Gasteiger partial charge in [-0.2, -0.15) is 0 Å². The maximum absolute atomic E-state index is 13.2. The average molecular weight is 363 g/mol. The van der Waals surface area contributed by atoms with E-state index in [1.54, 1.807) is 24.3 Å². The summed E-state index contributed by atoms with van der Waals surface area (Å²) in [5, 5.41) is 2.54. The summed E-state index contributed by atoms with van der Waals surface area (Å²) in [6.45, 7) is 0. The first-order valence-electron chi connectivity index (χ1n) is 7.87. The zero-order chi connectivity index (χ0) is 19.1. The zero-order valence-electron chi connectivity index (χ0n) is 14.4. The van der Waals surface area contributed by atoms with Crippen molar-refractivity contribution in [3.05, 3.63) is 65.2 Å². The summed E-state index contributed by atoms with van der Waals surface area (Å²) in [7, 11) is 2.72. The maximum atomic E-state index is 13.2. The van der Waals surface area contributed by atoms with E-state index in [0.29, 0.717) is 11.3 Å². The van der Waals surface area contributed by atoms with E-state index in [9.17, 15) is 18.4 Å². The molecule has 138 valence electrons. The van der Waals surface area contributed by atoms with E-state index in [4.69, 9.17) is 9.47 Å². The number of amides is 1. The molecule has 1 amide bonds. The molecule has 26 heavy (non-hydrogen) atoms. The van der Waals surface area contributed by atoms with E-state index >= 15 is 0 Å². The normalized spacial score (nSPS) is 11.5. The van der Waals surface area contributed by atoms with Crippen LogP contribution in [0, 0.1) is 11.6 Å². The Morgan fingerprint density at radius 2 is 1.73 bits per heavy atom. The third kappa shape index (κ3) is 5.27. The highest BCUT2D eigenvalue weighted by Crippen LogP contribution is 2.19. The van der Waals surface area contributed by atoms with Gasteiger partial charge in [0.2, 0.25) is 5.91 Å². The second kappa shape index (κ2) is 8.94. The average Bonchev–Trinajstić information content (AvgIpc) is 2.59. The Balaban J connectivity index is 2.12. The van der Waals surface area contributed by atoms with Crippen LogP contribution >= 0.6 is 0 Å². The standard InChI is InChI=1S/C19H19F2NO4/c1-25-17-6-4-3-5-13(17)10-16(19(24)26-2)22-18(23)9-12-7-14(20)11-15(21)8-12/h3-8,11,16H,9-10H2,1-2H3,(H,22,23)/t16-/m1/s1. The Kier molecular flexibility index (Phi) is 6.66. The summed E-state index contributed by atoms with van der Waals surface area (Å²) in [6.07, 6.45) is -0.117. The zero-order valence-corrected chi connectivity index (χ0v) is 14.4. The SMILES string of the molecule is COC(=O)[C@@H](Cc1ccccc1OC)NC(=O)Cc1cc(F)cc(F)c1. The molecule has 2 aromatic rings. The number of ether oxygens (including phenoxy) is 2. The topological polar surface area (TPSA) is 64.6 Å². The van der Waals surface area contributed by atoms with E-state index < -0.39 is 29.6 Å². The van der Waals surface area contributed by atoms with Crippen molar-refractivity contribution in [3.63, 3.8) is 0 Å². The van der Waals surface area contributed by atoms with Gasteiger partial charge in [-0.15, -0.1) is 0 Å². The van der Waals surface area contributed by atoms with E-state index in [1.165, 1.54) is 14.2 Å². The van der Waals surface area contributed by atoms with E-state index in [1.807, 2.05) is 0 Å². The highest BCUT2D eigenvalue weighted by molar-refractivity contribution is 5.85. The van der Waals surface area contributed by atoms with Gasteiger partial charge in [-0.3, -0.25) is 4.79 Å². The van der Waals surface area contributed by atoms with E-state index in [0.717, 1.165) is 18.2 Å². The van der Waals surface area contributed by atoms with Crippen LogP contribution in [0.5, 0.6) is 5.75 Å². The molecule has 0 spiro atoms. The fourth-order valence-electron chi connectivity index (χ4n) is 2.57. The number of hydrogen-bond acceptors (Lipinski definition) is 4. The van der Waals surface area contributed by atoms with Gasteiger partial charge in [0.05, 0.1) is 20.6 Å². The molecule has 1 atom stereocenters. The van der Waals surface area contributed by atoms with Crippen LogP contribution in [0.3, 0.4) is 0 Å². The minimum atomic E-state index is -0.956. The van der Waals surface area contributed by atoms with Gasteiger partial charge in [0.25, 0.3) is 0 Å². The molecule has 0 unspecified atom stereocenters. The lowest BCUT2D eigenvalue weighted by molar-refractivity contribution is -0.145. The first-order chi connectivity index (χ1) is 12.4. The fourth-order valence-corrected chi connectivity index (χ4v) is 2.57. The summed E-state index contributed by atoms with van der Waals surface area (Å²) >= 11 is 0. The van der Waals surface area contributed by atoms with Crippen molar-refractivity contribution in [3.8, 4) is 5.75 Å². The largest absolute Gasteiger partial charge is 0.496 e. The number of rotatable bonds is 7. The summed E-state index contributed by atoms with van der Waals surface area (Å²) < 4.78 is 36.4. The Bertz CT molecular complexity index is 775. The van der Waals surface area contributed by atoms with Crippen molar-refractivity contribution in [2.75, 3.05) is 14.2 Å². The van der Waals surface area contributed by atoms with Crippen LogP contribution in [0.15, 0.2) is 42.5 Å². The number of carbonyl (C=O) groups is 2. The molecule has 0 heterocycles. The molecule has 0 aromatic heterocycles. The molecule has 0 saturated carbocycles. The predicted molar refractivity (Wildman–Crippen MR) is 90.7 cm³/mol. The molecule has 0 fully saturated rings. The second-order valence-electron chi connectivity index (χ2n) is 5.61. The summed E-state index contributed by atoms with van der Waals surface area (Å²) in [5.41, 5.74) is 0.878. The predicted octanol–water partition coefficient (Wildman–Crippen LogP) is 2.42. The van der Waals surface area contributed by atoms with Gasteiger partial charge < -0.3 is 14.8 Å². The van der Waals surface area contributed by atoms with E-state index in [2.05, 4.69) is 5.32 Å². The van der Waals surface area contributed by atoms with Crippen molar-refractivity contribution >= 4 is 11.9 Å². The summed E-state index contributed by atoms with van der Waals surface area (Å²) in [5.74, 6) is -2.16. The number of para-hydroxylation sites is 1. The number of benzene rings is 2. The lowest BCUT2D eigenvalue weighted by atomic mass is 10.0. The number of halogens is 2. The van der Waals surface area contributed by atoms with Crippen LogP contribution in [0.1, 0.15) is 11.1 Å². The van der Waals surface area contributed by atoms with Crippen molar-refractivity contribution in [1.82, 2.24) is 5.32 Å². The Morgan fingerprint density at radius 3 is 2.35 bits per heavy atom. The third-order valence-electron chi connectivity index (χ3n) is 3.72. The Labute approximate surface area is 149 Å². The molecule has 2 aromatic carbocycles. The molecule has 0 bridgehead atoms. The van der Waals surface area contributed by atoms with Crippen LogP contribution in [0.25, 0.3) is 0 Å². The molecule has 0 aliphatic heterocycles. The minimum Gasteiger partial charge on any atom is -0.496 e. The van der Waals surface area contributed by atoms with Gasteiger partial charge in [-0.05, 0) is 29.3 Å². The van der Waals surface area contributed by atoms with Crippen LogP contribution in [0.2, 0.25) is 0 Å². The number of esters is 1. The van der Waals surface area contributed by atoms with Crippen LogP contribution in [-0.2, 0) is 27.2 Å². The van der Waals surface area contributed by atoms with Crippen molar-refractivity contribution in [1.29, 1.82) is 0 Å². The number of carbonyl (C=O) groups excluding carboxylic acids is 2. The highest BCUT2D eigenvalue weighted by Gasteiger charge is 2.23. The smallest absolute Gasteiger partial charge is 0.328 e. The van der Waals surface area contributed by atoms with Gasteiger partial charge in [-0.1, -0.05) is 18.2 Å². The van der Waals surface area contributed by atoms with Crippen molar-refractivity contribution < 1.29 is 27.8 Å². The first kappa shape index (κ1) is 19.4. The molecule has 0 aliphatic carbocycles. The quantitative estimate of drug-likeness (QED) is 0.768. The lowest BCUT2D eigenvalue weighted by Crippen LogP contribution is -2.43. The fraction of sp³-hybridized carbons (Fsp3) is 0.263. The number of nitrogens with one attached hydrogen (secondary N) is 1. The summed E-state index contributed by atoms with van der Waals surface area (Å²) in [4.78, 5) is 24.2. The van der Waals surface area contributed by atoms with Crippen LogP contribution in [0.4, 0.5) is 8.78 Å². The Morgan fingerprint density at radius 1 is 1.08 bits per heavy atom. The van der Waals surface area contributed by atoms with Crippen molar-refractivity contribution in [2.45, 2.75) is 18.9 Å². The molecule has 7 heteroatoms. The molecule has 0 radical (unpaired) electrons. The van der Waals surface area contributed by atoms with Gasteiger partial charge in [0.15, 0.2) is 0 Å². The third-order valence-corrected chi connectivity index (χ3v) is 3.72. The maximum Gasteiger partial charge on any atom is 0.328 e. The molecule has 5 nitrogen and oxygen atoms in total. The van der Waals surface area contributed by atoms with Crippen LogP contribution in [-0.4, -0.2) is 32.1 Å². The molecule has 2 rings (SSSR count). The van der Waals surface area contributed by atoms with Crippen LogP contribution < -0.4 is 10.1 Å². The molecule has 0 saturated heterocycles. The molecular formula is C19H19F2NO4. The van der Waals surface area contributed by atoms with E-state index in [-0.39, 0.29) is 18.4 Å². The first-order valence-corrected chi connectivity index (χ1v) is 7.87. The molecular weight excluding hydrogens is 344 g/mol. The molecule has 1 N–H and O–H groups in total. The Hall–Kier alpha value is -2.96. The molecule has 0 aliphatic rings. The lowest BCUT2D eigenvalue weighted by Gasteiger charge is -2.18. The van der Waals surface area contributed by atoms with Gasteiger partial charge >= 0.3 is 5.97 Å². The van der Waals surface area contributed by atoms with Gasteiger partial charge in [-0.25, -0.2) is 13.6 Å². The van der Waals surface area contributed by atoms with Crippen molar-refractivity contribution in [2.24, 2.45) is 0 Å². The number of methoxy groups -OCH3 is 2. The van der Waals surface area contributed by atoms with Gasteiger partial charge in [0.1, 0.15) is 23.4 Å². The highest BCUT2D eigenvalue weighted by atomic mass is 19.1. The second-order valence-corrected chi connectivity index (χ2v) is 5.61. The monoisotopic (exact) mass is 363 g/mol. The minimum absolute atomic E-state index is 0.153. The van der Waals surface area contributed by atoms with Gasteiger partial charge in [0, 0.05) is 12.5 Å².